The van der Waals surface area contributed by atoms with E-state index in [0.717, 1.165) is 25.8 Å². The maximum Gasteiger partial charge on any atom is 0.277 e. The van der Waals surface area contributed by atoms with E-state index in [-0.39, 0.29) is 5.91 Å². The maximum absolute atomic E-state index is 12.6. The van der Waals surface area contributed by atoms with Crippen molar-refractivity contribution in [2.45, 2.75) is 43.9 Å². The minimum absolute atomic E-state index is 0.133. The van der Waals surface area contributed by atoms with E-state index >= 15 is 0 Å². The highest BCUT2D eigenvalue weighted by Crippen LogP contribution is 2.33. The smallest absolute Gasteiger partial charge is 0.277 e. The molecule has 1 aliphatic heterocycles. The Morgan fingerprint density at radius 1 is 1.30 bits per heavy atom. The number of piperidine rings is 1. The molecule has 1 aliphatic rings. The molecule has 146 valence electrons. The third kappa shape index (κ3) is 4.55. The summed E-state index contributed by atoms with van der Waals surface area (Å²) in [6, 6.07) is 5.73. The number of carbonyl (C=O) groups excluding carboxylic acids is 1. The molecule has 27 heavy (non-hydrogen) atoms. The van der Waals surface area contributed by atoms with E-state index < -0.39 is 0 Å². The van der Waals surface area contributed by atoms with Crippen LogP contribution >= 0.6 is 11.8 Å². The fraction of sp³-hybridized carbons (Fsp3) is 0.526. The summed E-state index contributed by atoms with van der Waals surface area (Å²) in [6.45, 7) is 2.98. The van der Waals surface area contributed by atoms with Gasteiger partial charge in [-0.2, -0.15) is 0 Å². The Hall–Kier alpha value is -2.22. The Bertz CT molecular complexity index is 780. The van der Waals surface area contributed by atoms with Gasteiger partial charge in [-0.3, -0.25) is 4.79 Å². The molecule has 1 fully saturated rings. The summed E-state index contributed by atoms with van der Waals surface area (Å²) in [7, 11) is 3.17. The topological polar surface area (TPSA) is 77.7 Å². The fourth-order valence-corrected chi connectivity index (χ4v) is 3.96. The number of rotatable bonds is 7. The highest BCUT2D eigenvalue weighted by atomic mass is 32.2. The molecule has 1 saturated heterocycles. The van der Waals surface area contributed by atoms with Gasteiger partial charge in [-0.15, -0.1) is 10.2 Å². The second-order valence-corrected chi connectivity index (χ2v) is 7.30. The van der Waals surface area contributed by atoms with Crippen molar-refractivity contribution in [1.82, 2.24) is 15.1 Å². The third-order valence-corrected chi connectivity index (χ3v) is 5.59. The first-order valence-electron chi connectivity index (χ1n) is 9.14. The molecular weight excluding hydrogens is 366 g/mol. The zero-order valence-corrected chi connectivity index (χ0v) is 16.8. The number of methoxy groups -OCH3 is 2. The molecule has 0 N–H and O–H groups in total. The minimum Gasteiger partial charge on any atom is -0.497 e. The summed E-state index contributed by atoms with van der Waals surface area (Å²) in [6.07, 6.45) is 4.37. The van der Waals surface area contributed by atoms with Crippen LogP contribution in [0.3, 0.4) is 0 Å². The number of hydrogen-bond donors (Lipinski definition) is 0. The van der Waals surface area contributed by atoms with Crippen molar-refractivity contribution in [3.8, 4) is 23.0 Å². The van der Waals surface area contributed by atoms with Crippen molar-refractivity contribution < 1.29 is 18.7 Å². The predicted molar refractivity (Wildman–Crippen MR) is 103 cm³/mol. The fourth-order valence-electron chi connectivity index (χ4n) is 3.31. The van der Waals surface area contributed by atoms with Gasteiger partial charge in [0, 0.05) is 18.7 Å². The van der Waals surface area contributed by atoms with E-state index in [9.17, 15) is 4.79 Å². The monoisotopic (exact) mass is 391 g/mol. The van der Waals surface area contributed by atoms with Crippen molar-refractivity contribution in [2.24, 2.45) is 0 Å². The zero-order valence-electron chi connectivity index (χ0n) is 15.9. The number of carbonyl (C=O) groups is 1. The van der Waals surface area contributed by atoms with Gasteiger partial charge >= 0.3 is 0 Å². The van der Waals surface area contributed by atoms with E-state index in [1.54, 1.807) is 26.4 Å². The van der Waals surface area contributed by atoms with Crippen LogP contribution < -0.4 is 9.47 Å². The molecule has 0 unspecified atom stereocenters. The Morgan fingerprint density at radius 3 is 2.89 bits per heavy atom. The average molecular weight is 391 g/mol. The van der Waals surface area contributed by atoms with Crippen LogP contribution in [0.15, 0.2) is 27.8 Å². The minimum atomic E-state index is 0.133. The first-order valence-corrected chi connectivity index (χ1v) is 10.1. The standard InChI is InChI=1S/C19H25N3O4S/c1-4-13-7-5-6-10-22(13)17(23)12-27-19-21-20-18(26-19)15-9-8-14(24-2)11-16(15)25-3/h8-9,11,13H,4-7,10,12H2,1-3H3/t13-/m0/s1. The maximum atomic E-state index is 12.6. The second kappa shape index (κ2) is 9.12. The number of aromatic nitrogens is 2. The van der Waals surface area contributed by atoms with Gasteiger partial charge in [0.15, 0.2) is 0 Å². The van der Waals surface area contributed by atoms with Crippen molar-refractivity contribution in [1.29, 1.82) is 0 Å². The Morgan fingerprint density at radius 2 is 2.15 bits per heavy atom. The van der Waals surface area contributed by atoms with Crippen LogP contribution in [0, 0.1) is 0 Å². The summed E-state index contributed by atoms with van der Waals surface area (Å²) in [5, 5.41) is 8.52. The second-order valence-electron chi connectivity index (χ2n) is 6.37. The molecule has 1 aromatic carbocycles. The number of hydrogen-bond acceptors (Lipinski definition) is 7. The summed E-state index contributed by atoms with van der Waals surface area (Å²) in [5.74, 6) is 2.06. The Kier molecular flexibility index (Phi) is 6.60. The lowest BCUT2D eigenvalue weighted by atomic mass is 10.0. The molecule has 2 aromatic rings. The molecule has 0 spiro atoms. The highest BCUT2D eigenvalue weighted by Gasteiger charge is 2.25. The van der Waals surface area contributed by atoms with E-state index in [2.05, 4.69) is 17.1 Å². The highest BCUT2D eigenvalue weighted by molar-refractivity contribution is 7.99. The van der Waals surface area contributed by atoms with Gasteiger partial charge in [0.2, 0.25) is 5.91 Å². The molecule has 0 bridgehead atoms. The predicted octanol–water partition coefficient (Wildman–Crippen LogP) is 3.64. The summed E-state index contributed by atoms with van der Waals surface area (Å²) < 4.78 is 16.3. The van der Waals surface area contributed by atoms with Gasteiger partial charge in [0.05, 0.1) is 25.5 Å². The number of amides is 1. The van der Waals surface area contributed by atoms with Crippen LogP contribution in [0.1, 0.15) is 32.6 Å². The lowest BCUT2D eigenvalue weighted by Gasteiger charge is -2.35. The van der Waals surface area contributed by atoms with E-state index in [1.165, 1.54) is 18.2 Å². The number of thioether (sulfide) groups is 1. The molecular formula is C19H25N3O4S. The lowest BCUT2D eigenvalue weighted by molar-refractivity contribution is -0.132. The van der Waals surface area contributed by atoms with Crippen LogP contribution in [0.5, 0.6) is 11.5 Å². The first kappa shape index (κ1) is 19.5. The Labute approximate surface area is 163 Å². The summed E-state index contributed by atoms with van der Waals surface area (Å²) >= 11 is 1.27. The van der Waals surface area contributed by atoms with Crippen LogP contribution in [0.2, 0.25) is 0 Å². The summed E-state index contributed by atoms with van der Waals surface area (Å²) in [5.41, 5.74) is 0.686. The number of ether oxygens (including phenoxy) is 2. The quantitative estimate of drug-likeness (QED) is 0.667. The molecule has 0 saturated carbocycles. The van der Waals surface area contributed by atoms with Crippen molar-refractivity contribution in [2.75, 3.05) is 26.5 Å². The summed E-state index contributed by atoms with van der Waals surface area (Å²) in [4.78, 5) is 14.6. The molecule has 1 atom stereocenters. The van der Waals surface area contributed by atoms with Gasteiger partial charge in [-0.1, -0.05) is 18.7 Å². The number of nitrogens with zero attached hydrogens (tertiary/aromatic N) is 3. The number of benzene rings is 1. The van der Waals surface area contributed by atoms with Crippen molar-refractivity contribution >= 4 is 17.7 Å². The van der Waals surface area contributed by atoms with Crippen LogP contribution in [-0.2, 0) is 4.79 Å². The average Bonchev–Trinajstić information content (AvgIpc) is 3.20. The molecule has 0 aliphatic carbocycles. The van der Waals surface area contributed by atoms with Crippen LogP contribution in [-0.4, -0.2) is 53.6 Å². The van der Waals surface area contributed by atoms with E-state index in [0.29, 0.717) is 40.0 Å². The largest absolute Gasteiger partial charge is 0.497 e. The van der Waals surface area contributed by atoms with E-state index in [4.69, 9.17) is 13.9 Å². The lowest BCUT2D eigenvalue weighted by Crippen LogP contribution is -2.44. The van der Waals surface area contributed by atoms with Gasteiger partial charge in [0.1, 0.15) is 11.5 Å². The van der Waals surface area contributed by atoms with Crippen molar-refractivity contribution in [3.63, 3.8) is 0 Å². The Balaban J connectivity index is 1.65. The SMILES string of the molecule is CC[C@H]1CCCCN1C(=O)CSc1nnc(-c2ccc(OC)cc2OC)o1. The van der Waals surface area contributed by atoms with Gasteiger partial charge in [-0.25, -0.2) is 0 Å². The molecule has 1 aromatic heterocycles. The van der Waals surface area contributed by atoms with Gasteiger partial charge < -0.3 is 18.8 Å². The molecule has 0 radical (unpaired) electrons. The number of likely N-dealkylation sites (tertiary alicyclic amines) is 1. The van der Waals surface area contributed by atoms with Crippen LogP contribution in [0.4, 0.5) is 0 Å². The zero-order chi connectivity index (χ0) is 19.2. The van der Waals surface area contributed by atoms with Gasteiger partial charge in [0.25, 0.3) is 11.1 Å². The van der Waals surface area contributed by atoms with Crippen LogP contribution in [0.25, 0.3) is 11.5 Å². The van der Waals surface area contributed by atoms with Crippen molar-refractivity contribution in [3.05, 3.63) is 18.2 Å². The molecule has 8 heteroatoms. The first-order chi connectivity index (χ1) is 13.2. The molecule has 1 amide bonds. The molecule has 2 heterocycles. The van der Waals surface area contributed by atoms with E-state index in [1.807, 2.05) is 11.0 Å². The molecule has 3 rings (SSSR count). The van der Waals surface area contributed by atoms with Gasteiger partial charge in [-0.05, 0) is 37.8 Å². The normalized spacial score (nSPS) is 17.0. The molecule has 7 nitrogen and oxygen atoms in total. The third-order valence-electron chi connectivity index (χ3n) is 4.78.